The van der Waals surface area contributed by atoms with Crippen molar-refractivity contribution in [2.75, 3.05) is 6.61 Å². The van der Waals surface area contributed by atoms with Crippen LogP contribution in [-0.2, 0) is 6.54 Å². The Labute approximate surface area is 247 Å². The number of benzene rings is 1. The van der Waals surface area contributed by atoms with E-state index in [2.05, 4.69) is 26.1 Å². The second kappa shape index (κ2) is 20.6. The number of halogens is 2. The van der Waals surface area contributed by atoms with E-state index in [0.29, 0.717) is 17.2 Å². The lowest BCUT2D eigenvalue weighted by atomic mass is 10.0. The highest BCUT2D eigenvalue weighted by Crippen LogP contribution is 2.29. The molecule has 0 aliphatic carbocycles. The molecule has 1 unspecified atom stereocenters. The summed E-state index contributed by atoms with van der Waals surface area (Å²) >= 11 is 6.53. The van der Waals surface area contributed by atoms with Gasteiger partial charge in [-0.15, -0.1) is 0 Å². The fourth-order valence-corrected chi connectivity index (χ4v) is 4.70. The van der Waals surface area contributed by atoms with Crippen LogP contribution in [0, 0.1) is 0 Å². The quantitative estimate of drug-likeness (QED) is 0.123. The summed E-state index contributed by atoms with van der Waals surface area (Å²) < 4.78 is 7.98. The Balaban J connectivity index is 0.00000684. The van der Waals surface area contributed by atoms with Gasteiger partial charge in [-0.3, -0.25) is 4.79 Å². The predicted molar refractivity (Wildman–Crippen MR) is 151 cm³/mol. The molecule has 1 atom stereocenters. The molecule has 1 aromatic carbocycles. The first-order valence-electron chi connectivity index (χ1n) is 14.3. The maximum atomic E-state index is 12.7. The third-order valence-electron chi connectivity index (χ3n) is 6.85. The molecule has 1 heterocycles. The van der Waals surface area contributed by atoms with Crippen LogP contribution in [-0.4, -0.2) is 12.5 Å². The van der Waals surface area contributed by atoms with Gasteiger partial charge in [0.05, 0.1) is 23.2 Å². The minimum absolute atomic E-state index is 0. The Morgan fingerprint density at radius 2 is 1.43 bits per heavy atom. The number of carbonyl (C=O) groups excluding carboxylic acids is 1. The van der Waals surface area contributed by atoms with E-state index in [1.54, 1.807) is 0 Å². The molecule has 0 saturated heterocycles. The van der Waals surface area contributed by atoms with Gasteiger partial charge < -0.3 is 34.0 Å². The van der Waals surface area contributed by atoms with Crippen LogP contribution in [0.3, 0.4) is 0 Å². The van der Waals surface area contributed by atoms with Crippen LogP contribution in [0.25, 0.3) is 0 Å². The summed E-state index contributed by atoms with van der Waals surface area (Å²) in [5, 5.41) is 3.73. The zero-order valence-electron chi connectivity index (χ0n) is 23.2. The molecule has 1 aromatic heterocycles. The molecule has 1 amide bonds. The van der Waals surface area contributed by atoms with Crippen molar-refractivity contribution >= 4 is 17.5 Å². The fourth-order valence-electron chi connectivity index (χ4n) is 4.46. The van der Waals surface area contributed by atoms with Crippen molar-refractivity contribution in [1.29, 1.82) is 0 Å². The number of carbonyl (C=O) groups is 1. The second-order valence-corrected chi connectivity index (χ2v) is 10.2. The summed E-state index contributed by atoms with van der Waals surface area (Å²) in [7, 11) is 0. The van der Waals surface area contributed by atoms with Crippen molar-refractivity contribution in [2.45, 2.75) is 117 Å². The van der Waals surface area contributed by atoms with Crippen molar-refractivity contribution in [1.82, 2.24) is 5.32 Å². The van der Waals surface area contributed by atoms with Crippen LogP contribution in [0.4, 0.5) is 0 Å². The van der Waals surface area contributed by atoms with Crippen molar-refractivity contribution in [3.63, 3.8) is 0 Å². The first-order chi connectivity index (χ1) is 17.6. The highest BCUT2D eigenvalue weighted by atomic mass is 127. The number of pyridine rings is 1. The van der Waals surface area contributed by atoms with Crippen molar-refractivity contribution in [2.24, 2.45) is 0 Å². The molecule has 4 nitrogen and oxygen atoms in total. The van der Waals surface area contributed by atoms with Gasteiger partial charge in [-0.25, -0.2) is 4.57 Å². The smallest absolute Gasteiger partial charge is 0.252 e. The number of hydrogen-bond acceptors (Lipinski definition) is 2. The highest BCUT2D eigenvalue weighted by Gasteiger charge is 2.16. The van der Waals surface area contributed by atoms with Gasteiger partial charge in [-0.1, -0.05) is 102 Å². The summed E-state index contributed by atoms with van der Waals surface area (Å²) in [4.78, 5) is 12.7. The minimum atomic E-state index is -0.0982. The molecule has 0 aliphatic heterocycles. The number of amides is 1. The van der Waals surface area contributed by atoms with E-state index in [0.717, 1.165) is 30.7 Å². The van der Waals surface area contributed by atoms with Gasteiger partial charge in [0.15, 0.2) is 12.4 Å². The van der Waals surface area contributed by atoms with E-state index in [1.807, 2.05) is 47.3 Å². The highest BCUT2D eigenvalue weighted by molar-refractivity contribution is 6.32. The van der Waals surface area contributed by atoms with Crippen LogP contribution < -0.4 is 38.6 Å². The monoisotopic (exact) mass is 642 g/mol. The van der Waals surface area contributed by atoms with Crippen LogP contribution >= 0.6 is 11.6 Å². The summed E-state index contributed by atoms with van der Waals surface area (Å²) in [6.07, 6.45) is 20.6. The number of ether oxygens (including phenoxy) is 1. The fraction of sp³-hybridized carbons (Fsp3) is 0.613. The zero-order valence-corrected chi connectivity index (χ0v) is 26.2. The molecule has 0 aliphatic rings. The molecule has 2 rings (SSSR count). The van der Waals surface area contributed by atoms with E-state index < -0.39 is 0 Å². The Morgan fingerprint density at radius 1 is 0.865 bits per heavy atom. The van der Waals surface area contributed by atoms with Crippen molar-refractivity contribution in [3.8, 4) is 5.75 Å². The minimum Gasteiger partial charge on any atom is -1.00 e. The van der Waals surface area contributed by atoms with E-state index in [1.165, 1.54) is 70.6 Å². The molecule has 0 bridgehead atoms. The molecule has 1 N–H and O–H groups in total. The molecule has 0 saturated carbocycles. The van der Waals surface area contributed by atoms with Crippen molar-refractivity contribution in [3.05, 3.63) is 58.9 Å². The summed E-state index contributed by atoms with van der Waals surface area (Å²) in [6.45, 7) is 7.98. The lowest BCUT2D eigenvalue weighted by Gasteiger charge is -2.19. The molecular formula is C31H48ClIN2O2. The van der Waals surface area contributed by atoms with Crippen LogP contribution in [0.5, 0.6) is 5.75 Å². The lowest BCUT2D eigenvalue weighted by Crippen LogP contribution is -3.00. The molecule has 2 aromatic rings. The van der Waals surface area contributed by atoms with Gasteiger partial charge in [0.1, 0.15) is 12.3 Å². The summed E-state index contributed by atoms with van der Waals surface area (Å²) in [5.74, 6) is 0.644. The van der Waals surface area contributed by atoms with Gasteiger partial charge in [-0.2, -0.15) is 0 Å². The Morgan fingerprint density at radius 3 is 1.95 bits per heavy atom. The van der Waals surface area contributed by atoms with E-state index in [-0.39, 0.29) is 35.9 Å². The lowest BCUT2D eigenvalue weighted by molar-refractivity contribution is -0.693. The predicted octanol–water partition coefficient (Wildman–Crippen LogP) is 5.61. The largest absolute Gasteiger partial charge is 1.00 e. The number of nitrogens with one attached hydrogen (secondary N) is 1. The van der Waals surface area contributed by atoms with Gasteiger partial charge >= 0.3 is 0 Å². The van der Waals surface area contributed by atoms with E-state index in [4.69, 9.17) is 16.3 Å². The number of unbranched alkanes of at least 4 members (excludes halogenated alkanes) is 11. The third kappa shape index (κ3) is 13.3. The third-order valence-corrected chi connectivity index (χ3v) is 7.14. The number of nitrogens with zero attached hydrogens (tertiary/aromatic N) is 1. The Kier molecular flexibility index (Phi) is 18.8. The number of aryl methyl sites for hydroxylation is 1. The number of rotatable bonds is 19. The molecule has 37 heavy (non-hydrogen) atoms. The number of aromatic nitrogens is 1. The Hall–Kier alpha value is -1.34. The summed E-state index contributed by atoms with van der Waals surface area (Å²) in [6, 6.07) is 9.46. The molecule has 0 fully saturated rings. The van der Waals surface area contributed by atoms with Crippen LogP contribution in [0.1, 0.15) is 126 Å². The average molecular weight is 643 g/mol. The maximum absolute atomic E-state index is 12.7. The SMILES string of the molecule is CCCCCCCCCCCCCCOc1ccc(C(CC)NC(=O)c2cc[n+](CC)cc2)cc1Cl.[I-]. The summed E-state index contributed by atoms with van der Waals surface area (Å²) in [5.41, 5.74) is 1.65. The molecule has 0 radical (unpaired) electrons. The zero-order chi connectivity index (χ0) is 26.0. The standard InChI is InChI=1S/C31H47ClN2O2.HI/c1-4-7-8-9-10-11-12-13-14-15-16-17-24-36-30-19-18-27(25-28(30)32)29(5-2)33-31(35)26-20-22-34(6-3)23-21-26;/h18-23,25,29H,4-17,24H2,1-3H3;1H. The van der Waals surface area contributed by atoms with Crippen LogP contribution in [0.15, 0.2) is 42.7 Å². The Bertz CT molecular complexity index is 876. The normalized spacial score (nSPS) is 11.6. The molecule has 0 spiro atoms. The van der Waals surface area contributed by atoms with Gasteiger partial charge in [0.25, 0.3) is 5.91 Å². The van der Waals surface area contributed by atoms with Gasteiger partial charge in [0.2, 0.25) is 0 Å². The van der Waals surface area contributed by atoms with E-state index >= 15 is 0 Å². The van der Waals surface area contributed by atoms with Gasteiger partial charge in [0, 0.05) is 12.1 Å². The average Bonchev–Trinajstić information content (AvgIpc) is 2.90. The number of hydrogen-bond donors (Lipinski definition) is 1. The second-order valence-electron chi connectivity index (χ2n) is 9.78. The van der Waals surface area contributed by atoms with Crippen LogP contribution in [0.2, 0.25) is 5.02 Å². The molecule has 208 valence electrons. The van der Waals surface area contributed by atoms with Gasteiger partial charge in [-0.05, 0) is 37.5 Å². The topological polar surface area (TPSA) is 42.2 Å². The molecular weight excluding hydrogens is 595 g/mol. The molecule has 6 heteroatoms. The van der Waals surface area contributed by atoms with E-state index in [9.17, 15) is 4.79 Å². The van der Waals surface area contributed by atoms with Crippen molar-refractivity contribution < 1.29 is 38.1 Å². The maximum Gasteiger partial charge on any atom is 0.252 e. The first-order valence-corrected chi connectivity index (χ1v) is 14.7. The first kappa shape index (κ1) is 33.7.